The van der Waals surface area contributed by atoms with Gasteiger partial charge in [-0.05, 0) is 56.1 Å². The van der Waals surface area contributed by atoms with Crippen molar-refractivity contribution in [1.29, 1.82) is 0 Å². The Labute approximate surface area is 164 Å². The molecule has 1 fully saturated rings. The van der Waals surface area contributed by atoms with Crippen molar-refractivity contribution in [3.8, 4) is 0 Å². The maximum absolute atomic E-state index is 11.7. The van der Waals surface area contributed by atoms with Gasteiger partial charge in [0.05, 0.1) is 36.1 Å². The largest absolute Gasteiger partial charge is 0.390 e. The molecule has 1 spiro atoms. The molecule has 0 radical (unpaired) electrons. The number of carbonyl (C=O) groups is 1. The lowest BCUT2D eigenvalue weighted by Crippen LogP contribution is -2.49. The van der Waals surface area contributed by atoms with Gasteiger partial charge in [-0.3, -0.25) is 9.69 Å². The number of hydrogen-bond donors (Lipinski definition) is 1. The van der Waals surface area contributed by atoms with Gasteiger partial charge in [-0.2, -0.15) is 0 Å². The van der Waals surface area contributed by atoms with Crippen LogP contribution in [-0.4, -0.2) is 51.1 Å². The van der Waals surface area contributed by atoms with Gasteiger partial charge in [0.15, 0.2) is 0 Å². The third-order valence-corrected chi connectivity index (χ3v) is 6.66. The molecule has 28 heavy (non-hydrogen) atoms. The number of Topliss-reactive ketones (excluding diaryl/α,β-unsaturated/α-hetero) is 1. The van der Waals surface area contributed by atoms with Crippen LogP contribution in [0.15, 0.2) is 54.9 Å². The van der Waals surface area contributed by atoms with Gasteiger partial charge in [0, 0.05) is 5.41 Å². The van der Waals surface area contributed by atoms with Crippen LogP contribution in [0.5, 0.6) is 0 Å². The summed E-state index contributed by atoms with van der Waals surface area (Å²) in [6, 6.07) is 16.4. The van der Waals surface area contributed by atoms with Crippen molar-refractivity contribution in [3.63, 3.8) is 0 Å². The summed E-state index contributed by atoms with van der Waals surface area (Å²) in [6.45, 7) is 3.82. The third kappa shape index (κ3) is 2.54. The number of aliphatic hydroxyl groups excluding tert-OH is 1. The Morgan fingerprint density at radius 1 is 1.14 bits per heavy atom. The van der Waals surface area contributed by atoms with Gasteiger partial charge in [-0.15, -0.1) is 0 Å². The first-order chi connectivity index (χ1) is 13.6. The van der Waals surface area contributed by atoms with E-state index in [4.69, 9.17) is 0 Å². The van der Waals surface area contributed by atoms with Crippen LogP contribution in [0.2, 0.25) is 0 Å². The van der Waals surface area contributed by atoms with Crippen molar-refractivity contribution in [3.05, 3.63) is 66.0 Å². The fraction of sp³-hybridized carbons (Fsp3) is 0.391. The molecule has 3 aromatic rings. The number of imidazole rings is 1. The van der Waals surface area contributed by atoms with E-state index in [1.165, 1.54) is 11.1 Å². The molecule has 0 amide bonds. The highest BCUT2D eigenvalue weighted by atomic mass is 16.3. The molecule has 2 aromatic carbocycles. The molecular weight excluding hydrogens is 350 g/mol. The number of carbonyl (C=O) groups excluding carboxylic acids is 1. The van der Waals surface area contributed by atoms with E-state index in [1.54, 1.807) is 6.92 Å². The molecule has 5 heteroatoms. The lowest BCUT2D eigenvalue weighted by atomic mass is 9.72. The van der Waals surface area contributed by atoms with Crippen molar-refractivity contribution in [2.45, 2.75) is 37.3 Å². The second-order valence-electron chi connectivity index (χ2n) is 8.25. The van der Waals surface area contributed by atoms with E-state index in [2.05, 4.69) is 44.8 Å². The fourth-order valence-corrected chi connectivity index (χ4v) is 5.33. The van der Waals surface area contributed by atoms with Crippen LogP contribution in [0.25, 0.3) is 11.0 Å². The monoisotopic (exact) mass is 375 g/mol. The second-order valence-corrected chi connectivity index (χ2v) is 8.25. The first kappa shape index (κ1) is 17.6. The molecular formula is C23H25N3O2. The molecule has 1 aliphatic carbocycles. The standard InChI is InChI=1S/C23H25N3O2/c1-16(27)14-25-12-10-23(11-13-25)18-7-3-2-6-17(18)21(22(23)28)26-15-24-19-8-4-5-9-20(19)26/h2-9,15,21-22,28H,10-14H2,1H3/t21-,22+/m1/s1. The number of piperidine rings is 1. The zero-order valence-electron chi connectivity index (χ0n) is 16.1. The molecule has 144 valence electrons. The Balaban J connectivity index is 1.56. The van der Waals surface area contributed by atoms with Crippen LogP contribution < -0.4 is 0 Å². The average Bonchev–Trinajstić information content (AvgIpc) is 3.22. The van der Waals surface area contributed by atoms with Gasteiger partial charge in [0.1, 0.15) is 5.78 Å². The number of nitrogens with zero attached hydrogens (tertiary/aromatic N) is 3. The van der Waals surface area contributed by atoms with Crippen LogP contribution in [0.1, 0.15) is 36.9 Å². The second kappa shape index (κ2) is 6.54. The van der Waals surface area contributed by atoms with Crippen LogP contribution in [-0.2, 0) is 10.2 Å². The summed E-state index contributed by atoms with van der Waals surface area (Å²) < 4.78 is 2.13. The van der Waals surface area contributed by atoms with Crippen molar-refractivity contribution in [1.82, 2.24) is 14.5 Å². The van der Waals surface area contributed by atoms with E-state index < -0.39 is 6.10 Å². The maximum atomic E-state index is 11.7. The van der Waals surface area contributed by atoms with E-state index >= 15 is 0 Å². The highest BCUT2D eigenvalue weighted by molar-refractivity contribution is 5.77. The van der Waals surface area contributed by atoms with Gasteiger partial charge >= 0.3 is 0 Å². The van der Waals surface area contributed by atoms with Crippen molar-refractivity contribution < 1.29 is 9.90 Å². The molecule has 1 N–H and O–H groups in total. The fourth-order valence-electron chi connectivity index (χ4n) is 5.33. The number of likely N-dealkylation sites (tertiary alicyclic amines) is 1. The minimum absolute atomic E-state index is 0.136. The number of benzene rings is 2. The first-order valence-electron chi connectivity index (χ1n) is 10.0. The van der Waals surface area contributed by atoms with Crippen LogP contribution >= 0.6 is 0 Å². The molecule has 1 aliphatic heterocycles. The molecule has 2 atom stereocenters. The summed E-state index contributed by atoms with van der Waals surface area (Å²) in [4.78, 5) is 18.3. The summed E-state index contributed by atoms with van der Waals surface area (Å²) in [7, 11) is 0. The number of aliphatic hydroxyl groups is 1. The molecule has 0 unspecified atom stereocenters. The number of aromatic nitrogens is 2. The summed E-state index contributed by atoms with van der Waals surface area (Å²) >= 11 is 0. The molecule has 0 bridgehead atoms. The van der Waals surface area contributed by atoms with E-state index in [-0.39, 0.29) is 17.2 Å². The first-order valence-corrected chi connectivity index (χ1v) is 10.0. The number of para-hydroxylation sites is 2. The third-order valence-electron chi connectivity index (χ3n) is 6.66. The van der Waals surface area contributed by atoms with Gasteiger partial charge in [-0.25, -0.2) is 4.98 Å². The smallest absolute Gasteiger partial charge is 0.143 e. The Kier molecular flexibility index (Phi) is 4.11. The Morgan fingerprint density at radius 3 is 2.64 bits per heavy atom. The van der Waals surface area contributed by atoms with Gasteiger partial charge in [0.25, 0.3) is 0 Å². The van der Waals surface area contributed by atoms with Crippen molar-refractivity contribution >= 4 is 16.8 Å². The zero-order chi connectivity index (χ0) is 19.3. The predicted molar refractivity (Wildman–Crippen MR) is 108 cm³/mol. The average molecular weight is 375 g/mol. The molecule has 0 saturated carbocycles. The van der Waals surface area contributed by atoms with Gasteiger partial charge < -0.3 is 9.67 Å². The number of ketones is 1. The number of fused-ring (bicyclic) bond motifs is 3. The summed E-state index contributed by atoms with van der Waals surface area (Å²) in [5, 5.41) is 11.7. The van der Waals surface area contributed by atoms with Crippen LogP contribution in [0, 0.1) is 0 Å². The normalized spacial score (nSPS) is 23.9. The SMILES string of the molecule is CC(=O)CN1CCC2(CC1)c1ccccc1[C@@H](n1cnc3ccccc31)[C@@H]2O. The summed E-state index contributed by atoms with van der Waals surface area (Å²) in [5.41, 5.74) is 4.18. The molecule has 5 nitrogen and oxygen atoms in total. The number of hydrogen-bond acceptors (Lipinski definition) is 4. The van der Waals surface area contributed by atoms with Crippen molar-refractivity contribution in [2.75, 3.05) is 19.6 Å². The Morgan fingerprint density at radius 2 is 1.86 bits per heavy atom. The topological polar surface area (TPSA) is 58.4 Å². The maximum Gasteiger partial charge on any atom is 0.143 e. The summed E-state index contributed by atoms with van der Waals surface area (Å²) in [5.74, 6) is 0.200. The highest BCUT2D eigenvalue weighted by Crippen LogP contribution is 2.52. The van der Waals surface area contributed by atoms with Gasteiger partial charge in [0.2, 0.25) is 0 Å². The van der Waals surface area contributed by atoms with Crippen LogP contribution in [0.3, 0.4) is 0 Å². The molecule has 2 aliphatic rings. The van der Waals surface area contributed by atoms with Crippen molar-refractivity contribution in [2.24, 2.45) is 0 Å². The zero-order valence-corrected chi connectivity index (χ0v) is 16.1. The van der Waals surface area contributed by atoms with E-state index in [0.717, 1.165) is 37.0 Å². The summed E-state index contributed by atoms with van der Waals surface area (Å²) in [6.07, 6.45) is 3.07. The highest BCUT2D eigenvalue weighted by Gasteiger charge is 2.53. The lowest BCUT2D eigenvalue weighted by molar-refractivity contribution is -0.118. The van der Waals surface area contributed by atoms with Gasteiger partial charge in [-0.1, -0.05) is 36.4 Å². The Hall–Kier alpha value is -2.50. The van der Waals surface area contributed by atoms with E-state index in [9.17, 15) is 9.90 Å². The van der Waals surface area contributed by atoms with E-state index in [0.29, 0.717) is 6.54 Å². The van der Waals surface area contributed by atoms with E-state index in [1.807, 2.05) is 24.5 Å². The molecule has 1 saturated heterocycles. The molecule has 2 heterocycles. The minimum Gasteiger partial charge on any atom is -0.390 e. The lowest BCUT2D eigenvalue weighted by Gasteiger charge is -2.42. The number of rotatable bonds is 3. The Bertz CT molecular complexity index is 1030. The van der Waals surface area contributed by atoms with Crippen LogP contribution in [0.4, 0.5) is 0 Å². The molecule has 1 aromatic heterocycles. The quantitative estimate of drug-likeness (QED) is 0.765. The predicted octanol–water partition coefficient (Wildman–Crippen LogP) is 2.92. The minimum atomic E-state index is -0.512. The molecule has 5 rings (SSSR count).